The Balaban J connectivity index is 0.00000162. The van der Waals surface area contributed by atoms with Crippen molar-refractivity contribution in [1.29, 1.82) is 0 Å². The molecule has 1 heterocycles. The fraction of sp³-hybridized carbons (Fsp3) is 0.500. The van der Waals surface area contributed by atoms with Crippen LogP contribution in [0.25, 0.3) is 0 Å². The molecule has 1 saturated heterocycles. The van der Waals surface area contributed by atoms with Gasteiger partial charge in [-0.15, -0.1) is 12.4 Å². The van der Waals surface area contributed by atoms with E-state index in [1.165, 1.54) is 6.07 Å². The van der Waals surface area contributed by atoms with Crippen LogP contribution in [0.1, 0.15) is 12.0 Å². The van der Waals surface area contributed by atoms with Crippen LogP contribution in [0.15, 0.2) is 18.2 Å². The number of nitro benzene ring substituents is 1. The van der Waals surface area contributed by atoms with Gasteiger partial charge in [-0.3, -0.25) is 10.1 Å². The maximum atomic E-state index is 10.7. The Hall–Kier alpha value is -1.33. The molecule has 0 radical (unpaired) electrons. The highest BCUT2D eigenvalue weighted by Crippen LogP contribution is 2.23. The highest BCUT2D eigenvalue weighted by Gasteiger charge is 2.16. The number of aryl methyl sites for hydroxylation is 1. The summed E-state index contributed by atoms with van der Waals surface area (Å²) in [6.45, 7) is 4.44. The van der Waals surface area contributed by atoms with Crippen molar-refractivity contribution in [2.24, 2.45) is 5.92 Å². The van der Waals surface area contributed by atoms with E-state index in [2.05, 4.69) is 5.32 Å². The fourth-order valence-corrected chi connectivity index (χ4v) is 1.99. The van der Waals surface area contributed by atoms with Crippen molar-refractivity contribution in [2.75, 3.05) is 19.7 Å². The van der Waals surface area contributed by atoms with E-state index in [0.29, 0.717) is 23.8 Å². The number of nitrogens with one attached hydrogen (secondary N) is 1. The topological polar surface area (TPSA) is 64.4 Å². The predicted molar refractivity (Wildman–Crippen MR) is 71.6 cm³/mol. The van der Waals surface area contributed by atoms with E-state index in [1.807, 2.05) is 0 Å². The standard InChI is InChI=1S/C12H16N2O3.ClH/c1-9-6-11(2-3-12(9)14(15)16)17-8-10-4-5-13-7-10;/h2-3,6,10,13H,4-5,7-8H2,1H3;1H. The number of nitro groups is 1. The molecule has 0 amide bonds. The zero-order valence-corrected chi connectivity index (χ0v) is 11.0. The Bertz CT molecular complexity index is 420. The second kappa shape index (κ2) is 6.56. The fourth-order valence-electron chi connectivity index (χ4n) is 1.99. The second-order valence-corrected chi connectivity index (χ2v) is 4.38. The van der Waals surface area contributed by atoms with E-state index in [4.69, 9.17) is 4.74 Å². The van der Waals surface area contributed by atoms with Crippen molar-refractivity contribution in [3.8, 4) is 5.75 Å². The van der Waals surface area contributed by atoms with Crippen LogP contribution >= 0.6 is 12.4 Å². The van der Waals surface area contributed by atoms with E-state index in [0.717, 1.165) is 19.5 Å². The third kappa shape index (κ3) is 3.58. The SMILES string of the molecule is Cc1cc(OCC2CCNC2)ccc1[N+](=O)[O-].Cl. The van der Waals surface area contributed by atoms with Crippen LogP contribution in [0.5, 0.6) is 5.75 Å². The van der Waals surface area contributed by atoms with Gasteiger partial charge >= 0.3 is 0 Å². The van der Waals surface area contributed by atoms with Gasteiger partial charge < -0.3 is 10.1 Å². The minimum Gasteiger partial charge on any atom is -0.493 e. The molecule has 0 aromatic heterocycles. The quantitative estimate of drug-likeness (QED) is 0.675. The maximum Gasteiger partial charge on any atom is 0.272 e. The molecule has 1 aromatic carbocycles. The molecule has 2 rings (SSSR count). The summed E-state index contributed by atoms with van der Waals surface area (Å²) < 4.78 is 5.64. The normalized spacial score (nSPS) is 18.2. The average molecular weight is 273 g/mol. The lowest BCUT2D eigenvalue weighted by Crippen LogP contribution is -2.15. The van der Waals surface area contributed by atoms with Gasteiger partial charge in [0.1, 0.15) is 5.75 Å². The molecule has 1 N–H and O–H groups in total. The van der Waals surface area contributed by atoms with Gasteiger partial charge in [0.25, 0.3) is 5.69 Å². The molecule has 0 spiro atoms. The molecule has 100 valence electrons. The molecule has 0 saturated carbocycles. The Kier molecular flexibility index (Phi) is 5.37. The third-order valence-corrected chi connectivity index (χ3v) is 3.01. The van der Waals surface area contributed by atoms with Crippen molar-refractivity contribution in [2.45, 2.75) is 13.3 Å². The molecule has 18 heavy (non-hydrogen) atoms. The molecule has 1 aliphatic rings. The monoisotopic (exact) mass is 272 g/mol. The molecule has 5 nitrogen and oxygen atoms in total. The largest absolute Gasteiger partial charge is 0.493 e. The van der Waals surface area contributed by atoms with Gasteiger partial charge in [0.15, 0.2) is 0 Å². The lowest BCUT2D eigenvalue weighted by Gasteiger charge is -2.11. The van der Waals surface area contributed by atoms with Crippen LogP contribution in [-0.4, -0.2) is 24.6 Å². The van der Waals surface area contributed by atoms with Crippen molar-refractivity contribution < 1.29 is 9.66 Å². The molecule has 0 aliphatic carbocycles. The first-order valence-corrected chi connectivity index (χ1v) is 5.75. The molecule has 1 aliphatic heterocycles. The Morgan fingerprint density at radius 1 is 1.56 bits per heavy atom. The predicted octanol–water partition coefficient (Wildman–Crippen LogP) is 2.31. The Morgan fingerprint density at radius 3 is 2.89 bits per heavy atom. The summed E-state index contributed by atoms with van der Waals surface area (Å²) in [6.07, 6.45) is 1.13. The molecule has 6 heteroatoms. The molecular weight excluding hydrogens is 256 g/mol. The summed E-state index contributed by atoms with van der Waals surface area (Å²) in [4.78, 5) is 10.3. The number of ether oxygens (including phenoxy) is 1. The number of hydrogen-bond acceptors (Lipinski definition) is 4. The summed E-state index contributed by atoms with van der Waals surface area (Å²) in [6, 6.07) is 4.88. The van der Waals surface area contributed by atoms with Crippen LogP contribution in [0, 0.1) is 23.0 Å². The Labute approximate surface area is 112 Å². The molecule has 1 atom stereocenters. The van der Waals surface area contributed by atoms with Crippen LogP contribution in [0.2, 0.25) is 0 Å². The highest BCUT2D eigenvalue weighted by molar-refractivity contribution is 5.85. The highest BCUT2D eigenvalue weighted by atomic mass is 35.5. The molecule has 0 bridgehead atoms. The summed E-state index contributed by atoms with van der Waals surface area (Å²) in [5.41, 5.74) is 0.775. The van der Waals surface area contributed by atoms with Crippen molar-refractivity contribution >= 4 is 18.1 Å². The van der Waals surface area contributed by atoms with Crippen molar-refractivity contribution in [3.63, 3.8) is 0 Å². The van der Waals surface area contributed by atoms with Crippen LogP contribution in [-0.2, 0) is 0 Å². The number of nitrogens with zero attached hydrogens (tertiary/aromatic N) is 1. The van der Waals surface area contributed by atoms with Gasteiger partial charge in [0.2, 0.25) is 0 Å². The Morgan fingerprint density at radius 2 is 2.33 bits per heavy atom. The van der Waals surface area contributed by atoms with E-state index >= 15 is 0 Å². The van der Waals surface area contributed by atoms with E-state index < -0.39 is 0 Å². The van der Waals surface area contributed by atoms with Gasteiger partial charge in [-0.2, -0.15) is 0 Å². The van der Waals surface area contributed by atoms with Crippen LogP contribution in [0.3, 0.4) is 0 Å². The first kappa shape index (κ1) is 14.7. The summed E-state index contributed by atoms with van der Waals surface area (Å²) >= 11 is 0. The molecule has 1 unspecified atom stereocenters. The smallest absolute Gasteiger partial charge is 0.272 e. The van der Waals surface area contributed by atoms with Gasteiger partial charge in [-0.25, -0.2) is 0 Å². The molecular formula is C12H17ClN2O3. The zero-order chi connectivity index (χ0) is 12.3. The number of hydrogen-bond donors (Lipinski definition) is 1. The second-order valence-electron chi connectivity index (χ2n) is 4.38. The van der Waals surface area contributed by atoms with Gasteiger partial charge in [0.05, 0.1) is 11.5 Å². The van der Waals surface area contributed by atoms with E-state index in [9.17, 15) is 10.1 Å². The maximum absolute atomic E-state index is 10.7. The summed E-state index contributed by atoms with van der Waals surface area (Å²) in [7, 11) is 0. The van der Waals surface area contributed by atoms with Crippen molar-refractivity contribution in [1.82, 2.24) is 5.32 Å². The first-order chi connectivity index (χ1) is 8.16. The summed E-state index contributed by atoms with van der Waals surface area (Å²) in [5, 5.41) is 13.9. The number of rotatable bonds is 4. The van der Waals surface area contributed by atoms with Crippen LogP contribution < -0.4 is 10.1 Å². The summed E-state index contributed by atoms with van der Waals surface area (Å²) in [5.74, 6) is 1.26. The lowest BCUT2D eigenvalue weighted by atomic mass is 10.1. The van der Waals surface area contributed by atoms with Gasteiger partial charge in [-0.05, 0) is 32.0 Å². The average Bonchev–Trinajstić information content (AvgIpc) is 2.78. The van der Waals surface area contributed by atoms with Gasteiger partial charge in [0, 0.05) is 24.1 Å². The zero-order valence-electron chi connectivity index (χ0n) is 10.2. The minimum atomic E-state index is -0.375. The van der Waals surface area contributed by atoms with E-state index in [-0.39, 0.29) is 23.0 Å². The van der Waals surface area contributed by atoms with E-state index in [1.54, 1.807) is 19.1 Å². The number of halogens is 1. The third-order valence-electron chi connectivity index (χ3n) is 3.01. The van der Waals surface area contributed by atoms with Gasteiger partial charge in [-0.1, -0.05) is 0 Å². The molecule has 1 aromatic rings. The lowest BCUT2D eigenvalue weighted by molar-refractivity contribution is -0.385. The number of benzene rings is 1. The van der Waals surface area contributed by atoms with Crippen molar-refractivity contribution in [3.05, 3.63) is 33.9 Å². The first-order valence-electron chi connectivity index (χ1n) is 5.75. The molecule has 1 fully saturated rings. The minimum absolute atomic E-state index is 0. The van der Waals surface area contributed by atoms with Crippen LogP contribution in [0.4, 0.5) is 5.69 Å².